The molecule has 19 nitrogen and oxygen atoms in total. The minimum Gasteiger partial charge on any atom is -0.484 e. The summed E-state index contributed by atoms with van der Waals surface area (Å²) in [4.78, 5) is 109. The Bertz CT molecular complexity index is 2390. The number of imidazole rings is 1. The Balaban J connectivity index is 0.702. The van der Waals surface area contributed by atoms with Crippen LogP contribution in [-0.2, 0) is 19.2 Å². The van der Waals surface area contributed by atoms with Crippen molar-refractivity contribution in [1.29, 1.82) is 0 Å². The third-order valence-electron chi connectivity index (χ3n) is 11.7. The Hall–Kier alpha value is -6.79. The maximum Gasteiger partial charge on any atom is 0.270 e. The van der Waals surface area contributed by atoms with Gasteiger partial charge in [0.15, 0.2) is 18.1 Å². The van der Waals surface area contributed by atoms with Crippen LogP contribution in [0.3, 0.4) is 0 Å². The van der Waals surface area contributed by atoms with Crippen molar-refractivity contribution in [3.05, 3.63) is 71.6 Å². The molecule has 318 valence electrons. The molecule has 4 N–H and O–H groups in total. The van der Waals surface area contributed by atoms with Crippen LogP contribution in [0, 0.1) is 6.92 Å². The highest BCUT2D eigenvalue weighted by Crippen LogP contribution is 2.35. The van der Waals surface area contributed by atoms with Crippen LogP contribution in [-0.4, -0.2) is 120 Å². The molecule has 19 heteroatoms. The number of imide groups is 2. The normalized spacial score (nSPS) is 20.2. The third kappa shape index (κ3) is 9.04. The molecule has 1 aromatic carbocycles. The van der Waals surface area contributed by atoms with Crippen molar-refractivity contribution < 1.29 is 38.3 Å². The minimum absolute atomic E-state index is 0.0255. The summed E-state index contributed by atoms with van der Waals surface area (Å²) in [6, 6.07) is 8.95. The Morgan fingerprint density at radius 3 is 2.49 bits per heavy atom. The van der Waals surface area contributed by atoms with E-state index in [9.17, 15) is 33.6 Å². The van der Waals surface area contributed by atoms with Crippen LogP contribution in [0.4, 0.5) is 5.82 Å². The Kier molecular flexibility index (Phi) is 12.0. The molecule has 0 bridgehead atoms. The van der Waals surface area contributed by atoms with Gasteiger partial charge in [0.1, 0.15) is 29.3 Å². The first-order valence-corrected chi connectivity index (χ1v) is 20.7. The number of aryl methyl sites for hydroxylation is 1. The molecule has 1 atom stereocenters. The van der Waals surface area contributed by atoms with Gasteiger partial charge in [-0.15, -0.1) is 0 Å². The first kappa shape index (κ1) is 41.0. The van der Waals surface area contributed by atoms with Gasteiger partial charge in [0.25, 0.3) is 23.6 Å². The number of benzene rings is 1. The number of ether oxygens (including phenoxy) is 1. The van der Waals surface area contributed by atoms with Crippen LogP contribution in [0.25, 0.3) is 11.2 Å². The topological polar surface area (TPSA) is 240 Å². The van der Waals surface area contributed by atoms with E-state index in [1.165, 1.54) is 24.5 Å². The fourth-order valence-corrected chi connectivity index (χ4v) is 8.26. The van der Waals surface area contributed by atoms with Crippen LogP contribution < -0.4 is 26.0 Å². The summed E-state index contributed by atoms with van der Waals surface area (Å²) in [7, 11) is 0. The number of unbranched alkanes of at least 4 members (excludes halogenated alkanes) is 2. The lowest BCUT2D eigenvalue weighted by Gasteiger charge is -2.36. The molecular formula is C42H47N11O8. The number of rotatable bonds is 15. The molecule has 4 aromatic rings. The molecule has 0 unspecified atom stereocenters. The number of hydrogen-bond acceptors (Lipinski definition) is 13. The van der Waals surface area contributed by atoms with E-state index >= 15 is 0 Å². The van der Waals surface area contributed by atoms with Crippen molar-refractivity contribution in [3.63, 3.8) is 0 Å². The summed E-state index contributed by atoms with van der Waals surface area (Å²) in [5, 5.41) is 11.6. The van der Waals surface area contributed by atoms with Gasteiger partial charge in [0.05, 0.1) is 17.5 Å². The molecule has 0 spiro atoms. The molecule has 4 aliphatic rings. The van der Waals surface area contributed by atoms with Gasteiger partial charge in [-0.2, -0.15) is 0 Å². The molecule has 1 saturated carbocycles. The quantitative estimate of drug-likeness (QED) is 0.0994. The van der Waals surface area contributed by atoms with Gasteiger partial charge in [0, 0.05) is 56.3 Å². The lowest BCUT2D eigenvalue weighted by Crippen LogP contribution is -2.54. The van der Waals surface area contributed by atoms with Gasteiger partial charge in [-0.25, -0.2) is 19.9 Å². The van der Waals surface area contributed by atoms with Crippen molar-refractivity contribution >= 4 is 58.3 Å². The molecule has 3 aliphatic heterocycles. The highest BCUT2D eigenvalue weighted by atomic mass is 16.5. The smallest absolute Gasteiger partial charge is 0.270 e. The second kappa shape index (κ2) is 17.8. The number of piperidine rings is 2. The van der Waals surface area contributed by atoms with Crippen molar-refractivity contribution in [2.45, 2.75) is 95.3 Å². The van der Waals surface area contributed by atoms with Gasteiger partial charge in [-0.3, -0.25) is 43.8 Å². The average molecular weight is 834 g/mol. The highest BCUT2D eigenvalue weighted by molar-refractivity contribution is 6.23. The molecule has 3 aromatic heterocycles. The van der Waals surface area contributed by atoms with Crippen molar-refractivity contribution in [2.24, 2.45) is 0 Å². The van der Waals surface area contributed by atoms with E-state index in [-0.39, 0.29) is 72.2 Å². The third-order valence-corrected chi connectivity index (χ3v) is 11.7. The molecular weight excluding hydrogens is 787 g/mol. The van der Waals surface area contributed by atoms with E-state index in [0.717, 1.165) is 48.3 Å². The molecule has 8 rings (SSSR count). The van der Waals surface area contributed by atoms with Crippen molar-refractivity contribution in [2.75, 3.05) is 31.6 Å². The predicted octanol–water partition coefficient (Wildman–Crippen LogP) is 2.22. The number of hydrogen-bond donors (Lipinski definition) is 4. The molecule has 61 heavy (non-hydrogen) atoms. The number of fused-ring (bicyclic) bond motifs is 2. The first-order valence-electron chi connectivity index (χ1n) is 20.7. The molecule has 7 amide bonds. The number of likely N-dealkylation sites (tertiary alicyclic amines) is 1. The first-order chi connectivity index (χ1) is 29.5. The molecule has 2 saturated heterocycles. The van der Waals surface area contributed by atoms with E-state index in [1.54, 1.807) is 12.4 Å². The molecule has 1 aliphatic carbocycles. The van der Waals surface area contributed by atoms with Gasteiger partial charge in [-0.1, -0.05) is 12.5 Å². The van der Waals surface area contributed by atoms with Crippen LogP contribution in [0.1, 0.15) is 107 Å². The van der Waals surface area contributed by atoms with Crippen LogP contribution in [0.5, 0.6) is 5.75 Å². The summed E-state index contributed by atoms with van der Waals surface area (Å²) >= 11 is 0. The van der Waals surface area contributed by atoms with Crippen LogP contribution >= 0.6 is 0 Å². The summed E-state index contributed by atoms with van der Waals surface area (Å²) in [5.74, 6) is -1.95. The van der Waals surface area contributed by atoms with E-state index in [4.69, 9.17) is 4.74 Å². The van der Waals surface area contributed by atoms with E-state index < -0.39 is 29.7 Å². The molecule has 0 radical (unpaired) electrons. The second-order valence-corrected chi connectivity index (χ2v) is 15.9. The van der Waals surface area contributed by atoms with Crippen molar-refractivity contribution in [3.8, 4) is 5.75 Å². The van der Waals surface area contributed by atoms with Gasteiger partial charge >= 0.3 is 0 Å². The Morgan fingerprint density at radius 1 is 0.902 bits per heavy atom. The monoisotopic (exact) mass is 833 g/mol. The molecule has 3 fully saturated rings. The minimum atomic E-state index is -1.07. The van der Waals surface area contributed by atoms with E-state index in [2.05, 4.69) is 45.8 Å². The summed E-state index contributed by atoms with van der Waals surface area (Å²) in [5.41, 5.74) is 2.84. The van der Waals surface area contributed by atoms with E-state index in [1.807, 2.05) is 24.0 Å². The zero-order valence-electron chi connectivity index (χ0n) is 33.7. The largest absolute Gasteiger partial charge is 0.484 e. The van der Waals surface area contributed by atoms with Gasteiger partial charge < -0.3 is 30.2 Å². The number of amides is 7. The maximum absolute atomic E-state index is 13.0. The Morgan fingerprint density at radius 2 is 1.70 bits per heavy atom. The lowest BCUT2D eigenvalue weighted by molar-refractivity contribution is -0.136. The average Bonchev–Trinajstić information content (AvgIpc) is 3.77. The number of pyridine rings is 1. The maximum atomic E-state index is 13.0. The predicted molar refractivity (Wildman–Crippen MR) is 217 cm³/mol. The number of nitrogens with zero attached hydrogens (tertiary/aromatic N) is 7. The summed E-state index contributed by atoms with van der Waals surface area (Å²) < 4.78 is 7.63. The van der Waals surface area contributed by atoms with Crippen molar-refractivity contribution in [1.82, 2.24) is 50.3 Å². The van der Waals surface area contributed by atoms with Crippen LogP contribution in [0.2, 0.25) is 0 Å². The SMILES string of the molecule is Cc1cccc(C(=O)NC2CC(n3cnc4c(NC5CCN(C(=O)CCCCCNC(=O)COc6ccc7c(c6)C(=O)N([C@@H]6CCC(=O)NC6=O)C7=O)CC5)ncnc43)C2)n1. The number of aromatic nitrogens is 5. The summed E-state index contributed by atoms with van der Waals surface area (Å²) in [6.07, 6.45) is 9.04. The Labute approximate surface area is 350 Å². The van der Waals surface area contributed by atoms with E-state index in [0.29, 0.717) is 55.9 Å². The number of carbonyl (C=O) groups is 7. The number of nitrogens with one attached hydrogen (secondary N) is 4. The fourth-order valence-electron chi connectivity index (χ4n) is 8.26. The summed E-state index contributed by atoms with van der Waals surface area (Å²) in [6.45, 7) is 3.23. The molecule has 6 heterocycles. The van der Waals surface area contributed by atoms with Gasteiger partial charge in [-0.05, 0) is 82.2 Å². The second-order valence-electron chi connectivity index (χ2n) is 15.9. The van der Waals surface area contributed by atoms with Crippen LogP contribution in [0.15, 0.2) is 49.1 Å². The number of anilines is 1. The fraction of sp³-hybridized carbons (Fsp3) is 0.452. The van der Waals surface area contributed by atoms with Gasteiger partial charge in [0.2, 0.25) is 17.7 Å². The lowest BCUT2D eigenvalue weighted by atomic mass is 9.86. The zero-order valence-corrected chi connectivity index (χ0v) is 33.7. The standard InChI is InChI=1S/C42H47N11O8/c1-24-6-5-7-31(47-24)39(57)49-26-18-27(19-26)52-23-46-36-37(44-22-45-38(36)52)48-25-13-16-51(17-14-25)35(56)8-3-2-4-15-43-34(55)21-61-28-9-10-29-30(20-28)42(60)53(41(29)59)32-11-12-33(54)50-40(32)58/h5-7,9-10,20,22-23,25-27,32H,2-4,8,11-19,21H2,1H3,(H,43,55)(H,49,57)(H,44,45,48)(H,50,54,58)/t26?,27?,32-/m1/s1. The zero-order chi connectivity index (χ0) is 42.6. The highest BCUT2D eigenvalue weighted by Gasteiger charge is 2.45. The number of carbonyl (C=O) groups excluding carboxylic acids is 7.